The van der Waals surface area contributed by atoms with Crippen molar-refractivity contribution in [3.8, 4) is 0 Å². The monoisotopic (exact) mass is 186 g/mol. The van der Waals surface area contributed by atoms with Crippen molar-refractivity contribution in [1.82, 2.24) is 5.43 Å². The average molecular weight is 186 g/mol. The highest BCUT2D eigenvalue weighted by molar-refractivity contribution is 7.73. The van der Waals surface area contributed by atoms with E-state index in [9.17, 15) is 13.3 Å². The minimum Gasteiger partial charge on any atom is -0.261 e. The Hall–Kier alpha value is -1.43. The fraction of sp³-hybridized carbons (Fsp3) is 0.167. The summed E-state index contributed by atoms with van der Waals surface area (Å²) in [4.78, 5) is 9.92. The number of nitrogens with one attached hydrogen (secondary N) is 1. The Kier molecular flexibility index (Phi) is 2.76. The van der Waals surface area contributed by atoms with E-state index in [0.717, 1.165) is 0 Å². The minimum atomic E-state index is -2.32. The molecule has 12 heavy (non-hydrogen) atoms. The van der Waals surface area contributed by atoms with Gasteiger partial charge in [0.2, 0.25) is 10.3 Å². The van der Waals surface area contributed by atoms with Gasteiger partial charge in [-0.15, -0.1) is 4.91 Å². The van der Waals surface area contributed by atoms with Crippen LogP contribution >= 0.6 is 0 Å². The van der Waals surface area contributed by atoms with Crippen LogP contribution in [0.15, 0.2) is 29.6 Å². The number of rotatable bonds is 2. The van der Waals surface area contributed by atoms with Crippen molar-refractivity contribution in [2.45, 2.75) is 6.04 Å². The molecule has 1 atom stereocenters. The standard InChI is InChI=1S/C6H6N2O3S/c9-8-7-5-3-1-2-4-6(5)12(10)11/h1-5H,(H,7,9). The van der Waals surface area contributed by atoms with Crippen LogP contribution in [0.2, 0.25) is 0 Å². The first-order valence-corrected chi connectivity index (χ1v) is 4.22. The van der Waals surface area contributed by atoms with Crippen LogP contribution in [0.1, 0.15) is 0 Å². The normalized spacial score (nSPS) is 20.7. The highest BCUT2D eigenvalue weighted by atomic mass is 32.2. The second kappa shape index (κ2) is 3.82. The molecule has 1 rings (SSSR count). The van der Waals surface area contributed by atoms with E-state index in [-0.39, 0.29) is 4.86 Å². The van der Waals surface area contributed by atoms with Gasteiger partial charge in [0.15, 0.2) is 0 Å². The van der Waals surface area contributed by atoms with Crippen molar-refractivity contribution in [3.05, 3.63) is 29.2 Å². The maximum atomic E-state index is 10.5. The van der Waals surface area contributed by atoms with Gasteiger partial charge >= 0.3 is 0 Å². The van der Waals surface area contributed by atoms with Crippen LogP contribution in [0.5, 0.6) is 0 Å². The predicted octanol–water partition coefficient (Wildman–Crippen LogP) is -0.197. The summed E-state index contributed by atoms with van der Waals surface area (Å²) >= 11 is 0. The third-order valence-electron chi connectivity index (χ3n) is 1.37. The largest absolute Gasteiger partial charge is 0.261 e. The van der Waals surface area contributed by atoms with Crippen LogP contribution in [-0.2, 0) is 10.3 Å². The van der Waals surface area contributed by atoms with Crippen molar-refractivity contribution in [3.63, 3.8) is 0 Å². The SMILES string of the molecule is O=NNC1C=CC=CC1=S(=O)=O. The maximum absolute atomic E-state index is 10.5. The fourth-order valence-electron chi connectivity index (χ4n) is 0.847. The number of allylic oxidation sites excluding steroid dienone is 2. The Morgan fingerprint density at radius 1 is 1.42 bits per heavy atom. The van der Waals surface area contributed by atoms with Crippen LogP contribution in [0.3, 0.4) is 0 Å². The zero-order chi connectivity index (χ0) is 8.97. The summed E-state index contributed by atoms with van der Waals surface area (Å²) in [5, 5.41) is 2.41. The van der Waals surface area contributed by atoms with Gasteiger partial charge in [0.25, 0.3) is 0 Å². The molecule has 0 aromatic carbocycles. The zero-order valence-corrected chi connectivity index (χ0v) is 6.78. The Balaban J connectivity index is 3.01. The van der Waals surface area contributed by atoms with E-state index in [4.69, 9.17) is 0 Å². The molecule has 1 aliphatic rings. The molecule has 6 heteroatoms. The van der Waals surface area contributed by atoms with Gasteiger partial charge in [0.05, 0.1) is 10.2 Å². The lowest BCUT2D eigenvalue weighted by molar-refractivity contribution is 0.625. The first-order valence-electron chi connectivity index (χ1n) is 3.14. The van der Waals surface area contributed by atoms with Gasteiger partial charge in [-0.25, -0.2) is 0 Å². The molecule has 0 heterocycles. The van der Waals surface area contributed by atoms with Crippen LogP contribution in [0, 0.1) is 4.91 Å². The Labute approximate surface area is 70.3 Å². The second-order valence-electron chi connectivity index (χ2n) is 2.08. The van der Waals surface area contributed by atoms with Crippen molar-refractivity contribution < 1.29 is 8.42 Å². The first kappa shape index (κ1) is 8.66. The number of hydrogen-bond donors (Lipinski definition) is 1. The van der Waals surface area contributed by atoms with Gasteiger partial charge in [-0.2, -0.15) is 8.42 Å². The molecule has 1 unspecified atom stereocenters. The molecule has 0 radical (unpaired) electrons. The molecular formula is C6H6N2O3S. The number of nitrogens with zero attached hydrogens (tertiary/aromatic N) is 1. The highest BCUT2D eigenvalue weighted by Crippen LogP contribution is 1.99. The van der Waals surface area contributed by atoms with Crippen molar-refractivity contribution in [2.24, 2.45) is 5.29 Å². The zero-order valence-electron chi connectivity index (χ0n) is 5.97. The third kappa shape index (κ3) is 1.79. The quantitative estimate of drug-likeness (QED) is 0.368. The van der Waals surface area contributed by atoms with E-state index in [0.29, 0.717) is 0 Å². The van der Waals surface area contributed by atoms with Gasteiger partial charge in [-0.05, 0) is 6.08 Å². The molecule has 0 amide bonds. The average Bonchev–Trinajstić information content (AvgIpc) is 2.05. The third-order valence-corrected chi connectivity index (χ3v) is 2.14. The second-order valence-corrected chi connectivity index (χ2v) is 3.02. The summed E-state index contributed by atoms with van der Waals surface area (Å²) in [5.41, 5.74) is 2.12. The summed E-state index contributed by atoms with van der Waals surface area (Å²) in [7, 11) is -2.32. The van der Waals surface area contributed by atoms with Gasteiger partial charge in [-0.1, -0.05) is 18.2 Å². The van der Waals surface area contributed by atoms with E-state index < -0.39 is 16.3 Å². The first-order chi connectivity index (χ1) is 5.75. The van der Waals surface area contributed by atoms with Gasteiger partial charge < -0.3 is 0 Å². The van der Waals surface area contributed by atoms with E-state index in [2.05, 4.69) is 10.7 Å². The summed E-state index contributed by atoms with van der Waals surface area (Å²) in [6, 6.07) is -0.633. The molecule has 0 aromatic rings. The highest BCUT2D eigenvalue weighted by Gasteiger charge is 2.13. The molecule has 0 aliphatic heterocycles. The molecule has 0 saturated heterocycles. The Morgan fingerprint density at radius 3 is 2.75 bits per heavy atom. The van der Waals surface area contributed by atoms with Crippen LogP contribution in [0.25, 0.3) is 0 Å². The van der Waals surface area contributed by atoms with Gasteiger partial charge in [0.1, 0.15) is 6.04 Å². The van der Waals surface area contributed by atoms with Crippen molar-refractivity contribution in [1.29, 1.82) is 0 Å². The minimum absolute atomic E-state index is 0.108. The summed E-state index contributed by atoms with van der Waals surface area (Å²) in [6.07, 6.45) is 6.16. The van der Waals surface area contributed by atoms with Crippen LogP contribution in [-0.4, -0.2) is 19.3 Å². The molecule has 5 nitrogen and oxygen atoms in total. The number of nitroso groups, excluding NO2 is 1. The maximum Gasteiger partial charge on any atom is 0.219 e. The molecule has 64 valence electrons. The summed E-state index contributed by atoms with van der Waals surface area (Å²) in [5.74, 6) is 0. The Morgan fingerprint density at radius 2 is 2.17 bits per heavy atom. The topological polar surface area (TPSA) is 75.6 Å². The molecule has 1 N–H and O–H groups in total. The van der Waals surface area contributed by atoms with E-state index in [1.165, 1.54) is 12.2 Å². The van der Waals surface area contributed by atoms with E-state index >= 15 is 0 Å². The molecular weight excluding hydrogens is 180 g/mol. The molecule has 0 saturated carbocycles. The molecule has 0 spiro atoms. The fourth-order valence-corrected chi connectivity index (χ4v) is 1.38. The van der Waals surface area contributed by atoms with Crippen molar-refractivity contribution in [2.75, 3.05) is 0 Å². The number of hydrogen-bond acceptors (Lipinski definition) is 4. The van der Waals surface area contributed by atoms with E-state index in [1.807, 2.05) is 0 Å². The Bertz CT molecular complexity index is 358. The van der Waals surface area contributed by atoms with Crippen LogP contribution in [0.4, 0.5) is 0 Å². The lowest BCUT2D eigenvalue weighted by Gasteiger charge is -2.09. The lowest BCUT2D eigenvalue weighted by Crippen LogP contribution is -2.31. The van der Waals surface area contributed by atoms with Gasteiger partial charge in [-0.3, -0.25) is 5.43 Å². The summed E-state index contributed by atoms with van der Waals surface area (Å²) in [6.45, 7) is 0. The van der Waals surface area contributed by atoms with Crippen molar-refractivity contribution >= 4 is 15.2 Å². The smallest absolute Gasteiger partial charge is 0.219 e. The molecule has 0 bridgehead atoms. The summed E-state index contributed by atoms with van der Waals surface area (Å²) < 4.78 is 21.1. The predicted molar refractivity (Wildman–Crippen MR) is 44.9 cm³/mol. The molecule has 1 aliphatic carbocycles. The van der Waals surface area contributed by atoms with Crippen LogP contribution < -0.4 is 5.43 Å². The molecule has 0 aromatic heterocycles. The lowest BCUT2D eigenvalue weighted by atomic mass is 10.1. The van der Waals surface area contributed by atoms with E-state index in [1.54, 1.807) is 12.2 Å². The van der Waals surface area contributed by atoms with Gasteiger partial charge in [0, 0.05) is 0 Å². The molecule has 0 fully saturated rings.